The van der Waals surface area contributed by atoms with Crippen molar-refractivity contribution in [2.24, 2.45) is 0 Å². The number of carbonyl (C=O) groups excluding carboxylic acids is 2. The van der Waals surface area contributed by atoms with Gasteiger partial charge in [0.2, 0.25) is 5.91 Å². The molecule has 2 amide bonds. The predicted molar refractivity (Wildman–Crippen MR) is 86.8 cm³/mol. The molecule has 0 spiro atoms. The lowest BCUT2D eigenvalue weighted by molar-refractivity contribution is -0.133. The Hall–Kier alpha value is -1.30. The van der Waals surface area contributed by atoms with Crippen molar-refractivity contribution in [1.82, 2.24) is 14.7 Å². The fraction of sp³-hybridized carbons (Fsp3) is 0.875. The Kier molecular flexibility index (Phi) is 8.24. The van der Waals surface area contributed by atoms with E-state index >= 15 is 0 Å². The van der Waals surface area contributed by atoms with Gasteiger partial charge in [-0.05, 0) is 47.3 Å². The maximum absolute atomic E-state index is 12.1. The van der Waals surface area contributed by atoms with Gasteiger partial charge < -0.3 is 19.4 Å². The van der Waals surface area contributed by atoms with E-state index in [9.17, 15) is 9.59 Å². The molecule has 0 unspecified atom stereocenters. The van der Waals surface area contributed by atoms with Crippen molar-refractivity contribution in [3.8, 4) is 0 Å². The third-order valence-corrected chi connectivity index (χ3v) is 3.72. The van der Waals surface area contributed by atoms with Crippen LogP contribution in [-0.2, 0) is 9.53 Å². The van der Waals surface area contributed by atoms with Gasteiger partial charge >= 0.3 is 6.09 Å². The first kappa shape index (κ1) is 18.7. The number of hydrogen-bond acceptors (Lipinski definition) is 4. The van der Waals surface area contributed by atoms with E-state index in [1.54, 1.807) is 4.90 Å². The van der Waals surface area contributed by atoms with Crippen LogP contribution in [0.25, 0.3) is 0 Å². The van der Waals surface area contributed by atoms with Crippen molar-refractivity contribution in [3.05, 3.63) is 0 Å². The minimum Gasteiger partial charge on any atom is -0.447 e. The molecule has 0 aliphatic carbocycles. The van der Waals surface area contributed by atoms with Crippen LogP contribution < -0.4 is 0 Å². The Bertz CT molecular complexity index is 351. The monoisotopic (exact) mass is 313 g/mol. The minimum absolute atomic E-state index is 0.102. The van der Waals surface area contributed by atoms with Crippen molar-refractivity contribution in [3.63, 3.8) is 0 Å². The number of unbranched alkanes of at least 4 members (excludes halogenated alkanes) is 2. The molecule has 1 saturated heterocycles. The number of amides is 2. The molecule has 0 radical (unpaired) electrons. The lowest BCUT2D eigenvalue weighted by Gasteiger charge is -2.34. The summed E-state index contributed by atoms with van der Waals surface area (Å²) < 4.78 is 5.18. The molecule has 0 aromatic heterocycles. The van der Waals surface area contributed by atoms with E-state index in [2.05, 4.69) is 19.0 Å². The van der Waals surface area contributed by atoms with Crippen LogP contribution >= 0.6 is 0 Å². The van der Waals surface area contributed by atoms with E-state index < -0.39 is 0 Å². The summed E-state index contributed by atoms with van der Waals surface area (Å²) in [5.41, 5.74) is 0. The van der Waals surface area contributed by atoms with E-state index in [-0.39, 0.29) is 18.1 Å². The molecule has 0 aromatic rings. The van der Waals surface area contributed by atoms with Gasteiger partial charge in [0.05, 0.1) is 6.10 Å². The van der Waals surface area contributed by atoms with E-state index in [1.165, 1.54) is 0 Å². The Morgan fingerprint density at radius 1 is 1.00 bits per heavy atom. The highest BCUT2D eigenvalue weighted by atomic mass is 16.6. The van der Waals surface area contributed by atoms with Crippen LogP contribution in [-0.4, -0.2) is 79.6 Å². The first-order chi connectivity index (χ1) is 10.4. The van der Waals surface area contributed by atoms with Crippen LogP contribution in [0.15, 0.2) is 0 Å². The Balaban J connectivity index is 2.18. The third kappa shape index (κ3) is 7.11. The largest absolute Gasteiger partial charge is 0.447 e. The number of ether oxygens (including phenoxy) is 1. The van der Waals surface area contributed by atoms with Gasteiger partial charge in [0.1, 0.15) is 0 Å². The van der Waals surface area contributed by atoms with Crippen LogP contribution in [0.2, 0.25) is 0 Å². The topological polar surface area (TPSA) is 53.1 Å². The zero-order valence-electron chi connectivity index (χ0n) is 14.5. The molecule has 0 aromatic carbocycles. The van der Waals surface area contributed by atoms with E-state index in [4.69, 9.17) is 4.74 Å². The fourth-order valence-electron chi connectivity index (χ4n) is 2.45. The second-order valence-corrected chi connectivity index (χ2v) is 6.41. The third-order valence-electron chi connectivity index (χ3n) is 3.72. The second kappa shape index (κ2) is 9.66. The molecule has 0 N–H and O–H groups in total. The van der Waals surface area contributed by atoms with Gasteiger partial charge in [-0.3, -0.25) is 4.79 Å². The van der Waals surface area contributed by atoms with Crippen molar-refractivity contribution in [1.29, 1.82) is 0 Å². The molecule has 22 heavy (non-hydrogen) atoms. The van der Waals surface area contributed by atoms with Gasteiger partial charge in [0.25, 0.3) is 0 Å². The van der Waals surface area contributed by atoms with Crippen molar-refractivity contribution >= 4 is 12.0 Å². The summed E-state index contributed by atoms with van der Waals surface area (Å²) in [6.45, 7) is 7.12. The van der Waals surface area contributed by atoms with Crippen LogP contribution in [0.5, 0.6) is 0 Å². The zero-order chi connectivity index (χ0) is 16.5. The smallest absolute Gasteiger partial charge is 0.410 e. The molecule has 0 bridgehead atoms. The van der Waals surface area contributed by atoms with Crippen LogP contribution in [0.1, 0.15) is 39.5 Å². The number of hydrogen-bond donors (Lipinski definition) is 0. The quantitative estimate of drug-likeness (QED) is 0.673. The Labute approximate surface area is 134 Å². The molecular formula is C16H31N3O3. The van der Waals surface area contributed by atoms with Crippen molar-refractivity contribution in [2.45, 2.75) is 45.6 Å². The molecule has 6 nitrogen and oxygen atoms in total. The van der Waals surface area contributed by atoms with Crippen molar-refractivity contribution < 1.29 is 14.3 Å². The van der Waals surface area contributed by atoms with Crippen LogP contribution in [0.4, 0.5) is 4.79 Å². The molecule has 6 heteroatoms. The minimum atomic E-state index is -0.272. The average Bonchev–Trinajstić information content (AvgIpc) is 2.45. The SMILES string of the molecule is CC(C)OC(=O)N1CCN(C(=O)CCCCCN(C)C)CC1. The molecule has 128 valence electrons. The highest BCUT2D eigenvalue weighted by molar-refractivity contribution is 5.76. The molecular weight excluding hydrogens is 282 g/mol. The van der Waals surface area contributed by atoms with Gasteiger partial charge in [-0.1, -0.05) is 6.42 Å². The predicted octanol–water partition coefficient (Wildman–Crippen LogP) is 1.80. The highest BCUT2D eigenvalue weighted by Crippen LogP contribution is 2.09. The lowest BCUT2D eigenvalue weighted by Crippen LogP contribution is -2.51. The van der Waals surface area contributed by atoms with Gasteiger partial charge in [-0.25, -0.2) is 4.79 Å². The molecule has 1 rings (SSSR count). The lowest BCUT2D eigenvalue weighted by atomic mass is 10.1. The van der Waals surface area contributed by atoms with Gasteiger partial charge in [0, 0.05) is 32.6 Å². The maximum atomic E-state index is 12.1. The molecule has 1 aliphatic heterocycles. The summed E-state index contributed by atoms with van der Waals surface area (Å²) in [6, 6.07) is 0. The summed E-state index contributed by atoms with van der Waals surface area (Å²) in [4.78, 5) is 29.6. The molecule has 1 aliphatic rings. The molecule has 0 saturated carbocycles. The standard InChI is InChI=1S/C16H31N3O3/c1-14(2)22-16(21)19-12-10-18(11-13-19)15(20)8-6-5-7-9-17(3)4/h14H,5-13H2,1-4H3. The van der Waals surface area contributed by atoms with E-state index in [0.717, 1.165) is 25.8 Å². The van der Waals surface area contributed by atoms with Crippen LogP contribution in [0, 0.1) is 0 Å². The first-order valence-corrected chi connectivity index (χ1v) is 8.28. The molecule has 1 fully saturated rings. The summed E-state index contributed by atoms with van der Waals surface area (Å²) in [7, 11) is 4.13. The maximum Gasteiger partial charge on any atom is 0.410 e. The Morgan fingerprint density at radius 3 is 2.14 bits per heavy atom. The summed E-state index contributed by atoms with van der Waals surface area (Å²) >= 11 is 0. The first-order valence-electron chi connectivity index (χ1n) is 8.28. The molecule has 1 heterocycles. The fourth-order valence-corrected chi connectivity index (χ4v) is 2.45. The van der Waals surface area contributed by atoms with E-state index in [0.29, 0.717) is 32.6 Å². The second-order valence-electron chi connectivity index (χ2n) is 6.41. The van der Waals surface area contributed by atoms with Gasteiger partial charge in [-0.15, -0.1) is 0 Å². The normalized spacial score (nSPS) is 15.5. The summed E-state index contributed by atoms with van der Waals surface area (Å²) in [5, 5.41) is 0. The number of nitrogens with zero attached hydrogens (tertiary/aromatic N) is 3. The highest BCUT2D eigenvalue weighted by Gasteiger charge is 2.24. The zero-order valence-corrected chi connectivity index (χ0v) is 14.5. The summed E-state index contributed by atoms with van der Waals surface area (Å²) in [5.74, 6) is 0.210. The summed E-state index contributed by atoms with van der Waals surface area (Å²) in [6.07, 6.45) is 3.41. The van der Waals surface area contributed by atoms with Gasteiger partial charge in [-0.2, -0.15) is 0 Å². The van der Waals surface area contributed by atoms with Gasteiger partial charge in [0.15, 0.2) is 0 Å². The number of piperazine rings is 1. The van der Waals surface area contributed by atoms with Crippen molar-refractivity contribution in [2.75, 3.05) is 46.8 Å². The number of rotatable bonds is 7. The van der Waals surface area contributed by atoms with E-state index in [1.807, 2.05) is 18.7 Å². The Morgan fingerprint density at radius 2 is 1.59 bits per heavy atom. The van der Waals surface area contributed by atoms with Crippen LogP contribution in [0.3, 0.4) is 0 Å². The number of carbonyl (C=O) groups is 2. The average molecular weight is 313 g/mol. The molecule has 0 atom stereocenters.